The highest BCUT2D eigenvalue weighted by Gasteiger charge is 2.41. The van der Waals surface area contributed by atoms with Crippen molar-refractivity contribution in [3.05, 3.63) is 65.7 Å². The smallest absolute Gasteiger partial charge is 0.337 e. The van der Waals surface area contributed by atoms with E-state index in [4.69, 9.17) is 0 Å². The second kappa shape index (κ2) is 8.57. The van der Waals surface area contributed by atoms with Crippen LogP contribution in [0.2, 0.25) is 0 Å². The van der Waals surface area contributed by atoms with Gasteiger partial charge in [-0.25, -0.2) is 4.79 Å². The molecule has 0 saturated heterocycles. The van der Waals surface area contributed by atoms with E-state index < -0.39 is 24.2 Å². The quantitative estimate of drug-likeness (QED) is 0.727. The van der Waals surface area contributed by atoms with Crippen molar-refractivity contribution in [2.75, 3.05) is 5.32 Å². The van der Waals surface area contributed by atoms with Gasteiger partial charge in [0, 0.05) is 17.3 Å². The molecule has 3 N–H and O–H groups in total. The van der Waals surface area contributed by atoms with E-state index in [0.717, 1.165) is 0 Å². The maximum absolute atomic E-state index is 13.3. The maximum Gasteiger partial charge on any atom is 0.412 e. The Bertz CT molecular complexity index is 775. The van der Waals surface area contributed by atoms with Gasteiger partial charge in [0.25, 0.3) is 5.91 Å². The van der Waals surface area contributed by atoms with Crippen molar-refractivity contribution in [3.8, 4) is 0 Å². The molecule has 5 nitrogen and oxygen atoms in total. The highest BCUT2D eigenvalue weighted by Crippen LogP contribution is 2.32. The Balaban J connectivity index is 2.09. The summed E-state index contributed by atoms with van der Waals surface area (Å²) in [6.07, 6.45) is -4.63. The molecule has 2 aromatic carbocycles. The zero-order valence-corrected chi connectivity index (χ0v) is 14.8. The topological polar surface area (TPSA) is 70.2 Å². The molecule has 2 rings (SSSR count). The van der Waals surface area contributed by atoms with Crippen molar-refractivity contribution in [2.45, 2.75) is 32.1 Å². The predicted octanol–water partition coefficient (Wildman–Crippen LogP) is 4.25. The molecule has 0 aliphatic rings. The average molecular weight is 379 g/mol. The van der Waals surface area contributed by atoms with Gasteiger partial charge in [-0.05, 0) is 43.7 Å². The van der Waals surface area contributed by atoms with Crippen LogP contribution in [0, 0.1) is 0 Å². The zero-order chi connectivity index (χ0) is 20.0. The van der Waals surface area contributed by atoms with Crippen LogP contribution < -0.4 is 16.0 Å². The van der Waals surface area contributed by atoms with Crippen LogP contribution in [0.15, 0.2) is 54.6 Å². The number of hydrogen-bond donors (Lipinski definition) is 3. The van der Waals surface area contributed by atoms with Crippen molar-refractivity contribution in [1.29, 1.82) is 0 Å². The summed E-state index contributed by atoms with van der Waals surface area (Å²) in [4.78, 5) is 23.9. The summed E-state index contributed by atoms with van der Waals surface area (Å²) in [6, 6.07) is 10.2. The Labute approximate surface area is 155 Å². The van der Waals surface area contributed by atoms with E-state index in [0.29, 0.717) is 5.69 Å². The molecule has 0 spiro atoms. The van der Waals surface area contributed by atoms with Crippen LogP contribution in [0.5, 0.6) is 0 Å². The third kappa shape index (κ3) is 6.02. The average Bonchev–Trinajstić information content (AvgIpc) is 2.59. The molecule has 0 bridgehead atoms. The lowest BCUT2D eigenvalue weighted by Crippen LogP contribution is -2.38. The van der Waals surface area contributed by atoms with Crippen molar-refractivity contribution in [3.63, 3.8) is 0 Å². The largest absolute Gasteiger partial charge is 0.412 e. The number of nitrogens with one attached hydrogen (secondary N) is 3. The summed E-state index contributed by atoms with van der Waals surface area (Å²) in [5.41, 5.74) is 0.414. The molecule has 1 unspecified atom stereocenters. The molecule has 27 heavy (non-hydrogen) atoms. The summed E-state index contributed by atoms with van der Waals surface area (Å²) >= 11 is 0. The first-order valence-electron chi connectivity index (χ1n) is 8.27. The lowest BCUT2D eigenvalue weighted by molar-refractivity contribution is -0.155. The molecule has 3 amide bonds. The fourth-order valence-corrected chi connectivity index (χ4v) is 2.35. The van der Waals surface area contributed by atoms with E-state index in [-0.39, 0.29) is 17.2 Å². The lowest BCUT2D eigenvalue weighted by Gasteiger charge is -2.22. The second-order valence-electron chi connectivity index (χ2n) is 6.19. The minimum Gasteiger partial charge on any atom is -0.337 e. The third-order valence-corrected chi connectivity index (χ3v) is 3.56. The summed E-state index contributed by atoms with van der Waals surface area (Å²) < 4.78 is 40.0. The Hall–Kier alpha value is -3.03. The van der Waals surface area contributed by atoms with Crippen LogP contribution in [0.1, 0.15) is 35.8 Å². The number of carbonyl (C=O) groups excluding carboxylic acids is 2. The highest BCUT2D eigenvalue weighted by atomic mass is 19.4. The number of carbonyl (C=O) groups is 2. The number of alkyl halides is 3. The van der Waals surface area contributed by atoms with Gasteiger partial charge in [-0.1, -0.05) is 30.3 Å². The Morgan fingerprint density at radius 2 is 1.48 bits per heavy atom. The SMILES string of the molecule is CC(C)NC(=O)Nc1ccc(C(=O)NC(c2ccccc2)C(F)(F)F)cc1. The van der Waals surface area contributed by atoms with Crippen molar-refractivity contribution in [1.82, 2.24) is 10.6 Å². The number of amides is 3. The van der Waals surface area contributed by atoms with Crippen molar-refractivity contribution in [2.24, 2.45) is 0 Å². The van der Waals surface area contributed by atoms with Crippen molar-refractivity contribution >= 4 is 17.6 Å². The predicted molar refractivity (Wildman–Crippen MR) is 96.4 cm³/mol. The molecule has 0 radical (unpaired) electrons. The number of anilines is 1. The molecule has 2 aromatic rings. The van der Waals surface area contributed by atoms with Gasteiger partial charge in [0.2, 0.25) is 0 Å². The number of rotatable bonds is 5. The molecular weight excluding hydrogens is 359 g/mol. The number of urea groups is 1. The molecular formula is C19H20F3N3O2. The van der Waals surface area contributed by atoms with Crippen LogP contribution in [0.4, 0.5) is 23.7 Å². The lowest BCUT2D eigenvalue weighted by atomic mass is 10.1. The van der Waals surface area contributed by atoms with Gasteiger partial charge in [0.15, 0.2) is 6.04 Å². The second-order valence-corrected chi connectivity index (χ2v) is 6.19. The van der Waals surface area contributed by atoms with E-state index in [9.17, 15) is 22.8 Å². The van der Waals surface area contributed by atoms with Gasteiger partial charge in [-0.2, -0.15) is 13.2 Å². The Morgan fingerprint density at radius 1 is 0.889 bits per heavy atom. The summed E-state index contributed by atoms with van der Waals surface area (Å²) in [5, 5.41) is 7.22. The first-order chi connectivity index (χ1) is 12.7. The molecule has 8 heteroatoms. The molecule has 0 aliphatic carbocycles. The normalized spacial score (nSPS) is 12.4. The maximum atomic E-state index is 13.3. The Morgan fingerprint density at radius 3 is 2.00 bits per heavy atom. The summed E-state index contributed by atoms with van der Waals surface area (Å²) in [6.45, 7) is 3.60. The van der Waals surface area contributed by atoms with Gasteiger partial charge >= 0.3 is 12.2 Å². The molecule has 1 atom stereocenters. The van der Waals surface area contributed by atoms with Crippen LogP contribution in [0.25, 0.3) is 0 Å². The molecule has 0 aliphatic heterocycles. The fraction of sp³-hybridized carbons (Fsp3) is 0.263. The first-order valence-corrected chi connectivity index (χ1v) is 8.27. The van der Waals surface area contributed by atoms with Crippen LogP contribution >= 0.6 is 0 Å². The molecule has 0 heterocycles. The standard InChI is InChI=1S/C19H20F3N3O2/c1-12(2)23-18(27)24-15-10-8-14(9-11-15)17(26)25-16(19(20,21)22)13-6-4-3-5-7-13/h3-12,16H,1-2H3,(H,25,26)(H2,23,24,27). The van der Waals surface area contributed by atoms with Crippen LogP contribution in [-0.4, -0.2) is 24.2 Å². The number of benzene rings is 2. The first kappa shape index (κ1) is 20.3. The summed E-state index contributed by atoms with van der Waals surface area (Å²) in [5.74, 6) is -0.862. The summed E-state index contributed by atoms with van der Waals surface area (Å²) in [7, 11) is 0. The minimum atomic E-state index is -4.63. The molecule has 0 fully saturated rings. The monoisotopic (exact) mass is 379 g/mol. The van der Waals surface area contributed by atoms with E-state index >= 15 is 0 Å². The van der Waals surface area contributed by atoms with Gasteiger partial charge in [0.1, 0.15) is 0 Å². The van der Waals surface area contributed by atoms with Crippen molar-refractivity contribution < 1.29 is 22.8 Å². The third-order valence-electron chi connectivity index (χ3n) is 3.56. The fourth-order valence-electron chi connectivity index (χ4n) is 2.35. The number of hydrogen-bond acceptors (Lipinski definition) is 2. The zero-order valence-electron chi connectivity index (χ0n) is 14.8. The van der Waals surface area contributed by atoms with E-state index in [2.05, 4.69) is 10.6 Å². The highest BCUT2D eigenvalue weighted by molar-refractivity contribution is 5.95. The van der Waals surface area contributed by atoms with E-state index in [1.54, 1.807) is 19.9 Å². The van der Waals surface area contributed by atoms with Crippen LogP contribution in [-0.2, 0) is 0 Å². The van der Waals surface area contributed by atoms with Gasteiger partial charge in [-0.15, -0.1) is 0 Å². The molecule has 0 saturated carbocycles. The minimum absolute atomic E-state index is 0.0488. The van der Waals surface area contributed by atoms with Gasteiger partial charge in [0.05, 0.1) is 0 Å². The van der Waals surface area contributed by atoms with Crippen LogP contribution in [0.3, 0.4) is 0 Å². The molecule has 144 valence electrons. The van der Waals surface area contributed by atoms with E-state index in [1.807, 2.05) is 5.32 Å². The van der Waals surface area contributed by atoms with Gasteiger partial charge < -0.3 is 16.0 Å². The Kier molecular flexibility index (Phi) is 6.44. The molecule has 0 aromatic heterocycles. The van der Waals surface area contributed by atoms with Gasteiger partial charge in [-0.3, -0.25) is 4.79 Å². The van der Waals surface area contributed by atoms with E-state index in [1.165, 1.54) is 48.5 Å². The number of halogens is 3.